The maximum Gasteiger partial charge on any atom is 3.00 e. The largest absolute Gasteiger partial charge is 3.00 e. The minimum absolute atomic E-state index is 0. The van der Waals surface area contributed by atoms with Crippen molar-refractivity contribution in [1.82, 2.24) is 0 Å². The van der Waals surface area contributed by atoms with Gasteiger partial charge in [0.1, 0.15) is 0 Å². The monoisotopic (exact) mass is 317 g/mol. The van der Waals surface area contributed by atoms with Crippen LogP contribution in [-0.4, -0.2) is 6.71 Å². The quantitative estimate of drug-likeness (QED) is 0.332. The summed E-state index contributed by atoms with van der Waals surface area (Å²) >= 11 is 0. The van der Waals surface area contributed by atoms with Crippen LogP contribution in [0.5, 0.6) is 0 Å². The van der Waals surface area contributed by atoms with Crippen LogP contribution in [0.15, 0.2) is 42.4 Å². The molecular formula is C11H14BCl2Zr. The van der Waals surface area contributed by atoms with Gasteiger partial charge in [-0.1, -0.05) is 31.4 Å². The average Bonchev–Trinajstić information content (AvgIpc) is 2.62. The van der Waals surface area contributed by atoms with Gasteiger partial charge in [0.15, 0.2) is 6.71 Å². The fourth-order valence-corrected chi connectivity index (χ4v) is 1.04. The van der Waals surface area contributed by atoms with Gasteiger partial charge in [0, 0.05) is 0 Å². The summed E-state index contributed by atoms with van der Waals surface area (Å²) in [6, 6.07) is 0. The Morgan fingerprint density at radius 1 is 1.07 bits per heavy atom. The van der Waals surface area contributed by atoms with Crippen molar-refractivity contribution >= 4 is 6.71 Å². The summed E-state index contributed by atoms with van der Waals surface area (Å²) in [6.45, 7) is 2.99. The third-order valence-corrected chi connectivity index (χ3v) is 1.78. The first-order valence-corrected chi connectivity index (χ1v) is 4.44. The van der Waals surface area contributed by atoms with E-state index in [1.807, 2.05) is 12.2 Å². The topological polar surface area (TPSA) is 0 Å². The fourth-order valence-electron chi connectivity index (χ4n) is 1.04. The van der Waals surface area contributed by atoms with Gasteiger partial charge in [-0.15, -0.1) is 12.4 Å². The first-order valence-electron chi connectivity index (χ1n) is 4.44. The van der Waals surface area contributed by atoms with Crippen LogP contribution in [-0.2, 0) is 26.2 Å². The third-order valence-electron chi connectivity index (χ3n) is 1.78. The van der Waals surface area contributed by atoms with Crippen LogP contribution in [0.1, 0.15) is 6.42 Å². The van der Waals surface area contributed by atoms with Gasteiger partial charge in [-0.05, 0) is 0 Å². The van der Waals surface area contributed by atoms with Gasteiger partial charge in [0.25, 0.3) is 0 Å². The van der Waals surface area contributed by atoms with Gasteiger partial charge < -0.3 is 24.8 Å². The summed E-state index contributed by atoms with van der Waals surface area (Å²) in [7, 11) is 0. The molecule has 0 bridgehead atoms. The van der Waals surface area contributed by atoms with E-state index in [9.17, 15) is 0 Å². The molecule has 2 aliphatic rings. The van der Waals surface area contributed by atoms with E-state index in [-0.39, 0.29) is 51.0 Å². The molecule has 0 amide bonds. The summed E-state index contributed by atoms with van der Waals surface area (Å²) in [6.07, 6.45) is 17.6. The molecular weight excluding hydrogens is 305 g/mol. The molecule has 1 aliphatic carbocycles. The zero-order valence-corrected chi connectivity index (χ0v) is 12.8. The van der Waals surface area contributed by atoms with Crippen LogP contribution in [0, 0.1) is 6.08 Å². The van der Waals surface area contributed by atoms with Crippen LogP contribution in [0.3, 0.4) is 0 Å². The second kappa shape index (κ2) is 14.5. The maximum absolute atomic E-state index is 2.99. The molecule has 0 nitrogen and oxygen atoms in total. The van der Waals surface area contributed by atoms with Gasteiger partial charge in [-0.3, -0.25) is 6.08 Å². The summed E-state index contributed by atoms with van der Waals surface area (Å²) in [5.74, 6) is 2.22. The number of hydrogen-bond acceptors (Lipinski definition) is 0. The van der Waals surface area contributed by atoms with E-state index >= 15 is 0 Å². The SMILES string of the molecule is CB1C=CC=CC1.[C-]1=CC=CC1.[Cl-].[Cl-].[Zr+3]. The van der Waals surface area contributed by atoms with Crippen LogP contribution < -0.4 is 24.8 Å². The summed E-state index contributed by atoms with van der Waals surface area (Å²) in [5.41, 5.74) is 0. The Labute approximate surface area is 125 Å². The maximum atomic E-state index is 2.99. The van der Waals surface area contributed by atoms with Crippen LogP contribution in [0.25, 0.3) is 0 Å². The molecule has 4 heteroatoms. The molecule has 1 radical (unpaired) electrons. The van der Waals surface area contributed by atoms with E-state index in [1.165, 1.54) is 6.32 Å². The van der Waals surface area contributed by atoms with Gasteiger partial charge in [0.2, 0.25) is 0 Å². The smallest absolute Gasteiger partial charge is 1.00 e. The Balaban J connectivity index is -0.000000165. The molecule has 1 aliphatic heterocycles. The van der Waals surface area contributed by atoms with E-state index in [4.69, 9.17) is 0 Å². The number of hydrogen-bond donors (Lipinski definition) is 0. The van der Waals surface area contributed by atoms with Crippen molar-refractivity contribution in [3.63, 3.8) is 0 Å². The van der Waals surface area contributed by atoms with Gasteiger partial charge in [-0.25, -0.2) is 12.2 Å². The van der Waals surface area contributed by atoms with Crippen molar-refractivity contribution in [2.75, 3.05) is 0 Å². The van der Waals surface area contributed by atoms with Crippen LogP contribution >= 0.6 is 0 Å². The average molecular weight is 319 g/mol. The Kier molecular flexibility index (Phi) is 20.1. The van der Waals surface area contributed by atoms with Gasteiger partial charge in [0.05, 0.1) is 0 Å². The van der Waals surface area contributed by atoms with Crippen molar-refractivity contribution in [2.24, 2.45) is 0 Å². The minimum atomic E-state index is 0. The van der Waals surface area contributed by atoms with Crippen LogP contribution in [0.4, 0.5) is 0 Å². The number of halogens is 2. The zero-order valence-electron chi connectivity index (χ0n) is 8.79. The van der Waals surface area contributed by atoms with Crippen molar-refractivity contribution in [3.8, 4) is 0 Å². The molecule has 0 unspecified atom stereocenters. The second-order valence-electron chi connectivity index (χ2n) is 3.03. The molecule has 0 N–H and O–H groups in total. The third kappa shape index (κ3) is 12.4. The summed E-state index contributed by atoms with van der Waals surface area (Å²) < 4.78 is 0. The Bertz CT molecular complexity index is 225. The number of rotatable bonds is 0. The molecule has 0 aromatic heterocycles. The summed E-state index contributed by atoms with van der Waals surface area (Å²) in [4.78, 5) is 0. The number of allylic oxidation sites excluding steroid dienone is 7. The van der Waals surface area contributed by atoms with Crippen molar-refractivity contribution in [1.29, 1.82) is 0 Å². The Morgan fingerprint density at radius 3 is 2.00 bits per heavy atom. The first kappa shape index (κ1) is 20.8. The molecule has 2 rings (SSSR count). The van der Waals surface area contributed by atoms with Gasteiger partial charge in [-0.2, -0.15) is 6.08 Å². The van der Waals surface area contributed by atoms with E-state index in [0.717, 1.165) is 13.1 Å². The van der Waals surface area contributed by atoms with Crippen molar-refractivity contribution < 1.29 is 51.0 Å². The molecule has 0 atom stereocenters. The molecule has 0 fully saturated rings. The Morgan fingerprint density at radius 2 is 1.80 bits per heavy atom. The molecule has 0 aromatic rings. The van der Waals surface area contributed by atoms with E-state index in [0.29, 0.717) is 0 Å². The first-order chi connectivity index (χ1) is 5.89. The molecule has 0 saturated carbocycles. The zero-order chi connectivity index (χ0) is 8.65. The standard InChI is InChI=1S/C6H9B.C5H5.2ClH.Zr/c1-7-5-3-2-4-6-7;1-2-4-5-3-1;;;/h2-5H,6H2,1H3;1-3H,4H2;2*1H;/q;-1;;;+3/p-2. The Hall–Kier alpha value is 0.488. The normalized spacial score (nSPS) is 14.3. The molecule has 79 valence electrons. The van der Waals surface area contributed by atoms with E-state index < -0.39 is 0 Å². The van der Waals surface area contributed by atoms with Crippen molar-refractivity contribution in [3.05, 3.63) is 48.5 Å². The molecule has 0 saturated heterocycles. The molecule has 15 heavy (non-hydrogen) atoms. The van der Waals surface area contributed by atoms with Crippen molar-refractivity contribution in [2.45, 2.75) is 19.6 Å². The predicted octanol–water partition coefficient (Wildman–Crippen LogP) is -2.91. The summed E-state index contributed by atoms with van der Waals surface area (Å²) in [5, 5.41) is 0. The van der Waals surface area contributed by atoms with Gasteiger partial charge >= 0.3 is 26.2 Å². The molecule has 0 aromatic carbocycles. The van der Waals surface area contributed by atoms with Crippen LogP contribution in [0.2, 0.25) is 13.1 Å². The van der Waals surface area contributed by atoms with E-state index in [2.05, 4.69) is 43.2 Å². The molecule has 0 spiro atoms. The second-order valence-corrected chi connectivity index (χ2v) is 3.03. The van der Waals surface area contributed by atoms with E-state index in [1.54, 1.807) is 0 Å². The fraction of sp³-hybridized carbons (Fsp3) is 0.273. The minimum Gasteiger partial charge on any atom is -1.00 e. The predicted molar refractivity (Wildman–Crippen MR) is 56.3 cm³/mol. The molecule has 1 heterocycles.